The van der Waals surface area contributed by atoms with E-state index in [9.17, 15) is 4.79 Å². The number of nitriles is 1. The Kier molecular flexibility index (Phi) is 7.31. The van der Waals surface area contributed by atoms with E-state index in [-0.39, 0.29) is 12.5 Å². The van der Waals surface area contributed by atoms with Gasteiger partial charge in [0, 0.05) is 22.3 Å². The van der Waals surface area contributed by atoms with E-state index in [0.29, 0.717) is 11.3 Å². The molecule has 0 radical (unpaired) electrons. The first-order valence-corrected chi connectivity index (χ1v) is 11.7. The van der Waals surface area contributed by atoms with E-state index >= 15 is 0 Å². The molecule has 1 aliphatic carbocycles. The van der Waals surface area contributed by atoms with Crippen LogP contribution in [0.3, 0.4) is 0 Å². The maximum absolute atomic E-state index is 13.3. The van der Waals surface area contributed by atoms with Crippen LogP contribution in [0.5, 0.6) is 5.75 Å². The van der Waals surface area contributed by atoms with Gasteiger partial charge < -0.3 is 10.1 Å². The van der Waals surface area contributed by atoms with Gasteiger partial charge in [-0.3, -0.25) is 4.79 Å². The zero-order valence-electron chi connectivity index (χ0n) is 17.8. The van der Waals surface area contributed by atoms with Crippen molar-refractivity contribution in [1.29, 1.82) is 5.26 Å². The van der Waals surface area contributed by atoms with Gasteiger partial charge in [-0.05, 0) is 55.5 Å². The Morgan fingerprint density at radius 1 is 1.06 bits per heavy atom. The summed E-state index contributed by atoms with van der Waals surface area (Å²) in [5.41, 5.74) is 3.37. The van der Waals surface area contributed by atoms with Gasteiger partial charge in [0.15, 0.2) is 6.61 Å². The predicted octanol–water partition coefficient (Wildman–Crippen LogP) is 6.31. The Balaban J connectivity index is 1.70. The van der Waals surface area contributed by atoms with Crippen LogP contribution in [0, 0.1) is 11.3 Å². The first-order chi connectivity index (χ1) is 15.8. The van der Waals surface area contributed by atoms with Crippen molar-refractivity contribution in [2.75, 3.05) is 11.9 Å². The van der Waals surface area contributed by atoms with E-state index in [1.165, 1.54) is 17.7 Å². The van der Waals surface area contributed by atoms with Crippen LogP contribution in [-0.4, -0.2) is 18.7 Å². The smallest absolute Gasteiger partial charge is 0.259 e. The molecule has 4 rings (SSSR count). The van der Waals surface area contributed by atoms with Crippen LogP contribution < -0.4 is 10.1 Å². The normalized spacial score (nSPS) is 13.6. The van der Waals surface area contributed by atoms with Crippen LogP contribution in [0.4, 0.5) is 10.7 Å². The average Bonchev–Trinajstić information content (AvgIpc) is 3.13. The van der Waals surface area contributed by atoms with Crippen molar-refractivity contribution >= 4 is 34.1 Å². The van der Waals surface area contributed by atoms with Crippen LogP contribution in [0.2, 0.25) is 0 Å². The van der Waals surface area contributed by atoms with Crippen molar-refractivity contribution in [3.63, 3.8) is 0 Å². The number of nitrogens with one attached hydrogen (secondary N) is 1. The number of para-hydroxylation sites is 2. The Hall–Kier alpha value is -3.43. The van der Waals surface area contributed by atoms with Crippen molar-refractivity contribution in [3.8, 4) is 11.8 Å². The third-order valence-corrected chi connectivity index (χ3v) is 6.64. The minimum absolute atomic E-state index is 0.0249. The van der Waals surface area contributed by atoms with E-state index in [4.69, 9.17) is 15.0 Å². The maximum Gasteiger partial charge on any atom is 0.259 e. The largest absolute Gasteiger partial charge is 0.478 e. The lowest BCUT2D eigenvalue weighted by atomic mass is 9.96. The average molecular weight is 444 g/mol. The maximum atomic E-state index is 13.3. The van der Waals surface area contributed by atoms with Crippen molar-refractivity contribution in [2.45, 2.75) is 38.5 Å². The van der Waals surface area contributed by atoms with E-state index in [1.54, 1.807) is 17.6 Å². The zero-order chi connectivity index (χ0) is 22.2. The first-order valence-electron chi connectivity index (χ1n) is 10.9. The van der Waals surface area contributed by atoms with Crippen LogP contribution in [0.15, 0.2) is 59.6 Å². The monoisotopic (exact) mass is 443 g/mol. The number of aryl methyl sites for hydroxylation is 1. The predicted molar refractivity (Wildman–Crippen MR) is 129 cm³/mol. The van der Waals surface area contributed by atoms with Crippen molar-refractivity contribution in [1.82, 2.24) is 0 Å². The fraction of sp³-hybridized carbons (Fsp3) is 0.269. The fourth-order valence-electron chi connectivity index (χ4n) is 3.90. The molecule has 0 spiro atoms. The highest BCUT2D eigenvalue weighted by atomic mass is 32.1. The van der Waals surface area contributed by atoms with Gasteiger partial charge in [-0.25, -0.2) is 4.99 Å². The summed E-state index contributed by atoms with van der Waals surface area (Å²) in [5, 5.41) is 12.6. The second kappa shape index (κ2) is 10.7. The number of benzene rings is 2. The molecule has 1 N–H and O–H groups in total. The van der Waals surface area contributed by atoms with Crippen molar-refractivity contribution < 1.29 is 9.53 Å². The molecule has 5 nitrogen and oxygen atoms in total. The third-order valence-electron chi connectivity index (χ3n) is 5.44. The highest BCUT2D eigenvalue weighted by Crippen LogP contribution is 2.39. The molecular weight excluding hydrogens is 418 g/mol. The summed E-state index contributed by atoms with van der Waals surface area (Å²) in [5.74, 6) is 0.485. The van der Waals surface area contributed by atoms with Crippen LogP contribution in [-0.2, 0) is 12.8 Å². The molecule has 32 heavy (non-hydrogen) atoms. The molecule has 0 fully saturated rings. The molecule has 2 aromatic carbocycles. The fourth-order valence-corrected chi connectivity index (χ4v) is 5.13. The number of hydrogen-bond acceptors (Lipinski definition) is 5. The molecule has 1 heterocycles. The van der Waals surface area contributed by atoms with E-state index in [1.807, 2.05) is 60.7 Å². The lowest BCUT2D eigenvalue weighted by molar-refractivity contribution is 0.102. The topological polar surface area (TPSA) is 74.5 Å². The minimum atomic E-state index is -0.115. The van der Waals surface area contributed by atoms with Crippen molar-refractivity contribution in [3.05, 3.63) is 76.2 Å². The number of carbonyl (C=O) groups is 1. The highest BCUT2D eigenvalue weighted by molar-refractivity contribution is 7.16. The second-order valence-corrected chi connectivity index (χ2v) is 8.74. The SMILES string of the molecule is N#CCOc1ccccc1C=Nc1sc2c(c1C(=O)Nc1ccccc1)CCCCCC2. The van der Waals surface area contributed by atoms with Gasteiger partial charge in [0.1, 0.15) is 16.8 Å². The van der Waals surface area contributed by atoms with E-state index < -0.39 is 0 Å². The molecular formula is C26H25N3O2S. The summed E-state index contributed by atoms with van der Waals surface area (Å²) in [6.07, 6.45) is 8.27. The van der Waals surface area contributed by atoms with E-state index in [0.717, 1.165) is 47.5 Å². The van der Waals surface area contributed by atoms with Gasteiger partial charge in [0.05, 0.1) is 5.56 Å². The summed E-state index contributed by atoms with van der Waals surface area (Å²) >= 11 is 1.61. The number of ether oxygens (including phenoxy) is 1. The molecule has 1 aromatic heterocycles. The van der Waals surface area contributed by atoms with Gasteiger partial charge in [0.25, 0.3) is 5.91 Å². The van der Waals surface area contributed by atoms with Crippen molar-refractivity contribution in [2.24, 2.45) is 4.99 Å². The van der Waals surface area contributed by atoms with Gasteiger partial charge in [0.2, 0.25) is 0 Å². The number of nitrogens with zero attached hydrogens (tertiary/aromatic N) is 2. The quantitative estimate of drug-likeness (QED) is 0.454. The van der Waals surface area contributed by atoms with Crippen LogP contribution >= 0.6 is 11.3 Å². The van der Waals surface area contributed by atoms with Gasteiger partial charge >= 0.3 is 0 Å². The number of amides is 1. The molecule has 0 saturated carbocycles. The first kappa shape index (κ1) is 21.8. The molecule has 0 atom stereocenters. The number of carbonyl (C=O) groups excluding carboxylic acids is 1. The molecule has 3 aromatic rings. The molecule has 0 bridgehead atoms. The lowest BCUT2D eigenvalue weighted by Crippen LogP contribution is -2.14. The summed E-state index contributed by atoms with van der Waals surface area (Å²) < 4.78 is 5.52. The molecule has 162 valence electrons. The lowest BCUT2D eigenvalue weighted by Gasteiger charge is -2.12. The summed E-state index contributed by atoms with van der Waals surface area (Å²) in [7, 11) is 0. The molecule has 6 heteroatoms. The third kappa shape index (κ3) is 5.24. The summed E-state index contributed by atoms with van der Waals surface area (Å²) in [6, 6.07) is 19.0. The Morgan fingerprint density at radius 3 is 2.62 bits per heavy atom. The number of thiophene rings is 1. The van der Waals surface area contributed by atoms with E-state index in [2.05, 4.69) is 5.32 Å². The number of rotatable bonds is 6. The zero-order valence-corrected chi connectivity index (χ0v) is 18.7. The summed E-state index contributed by atoms with van der Waals surface area (Å²) in [6.45, 7) is -0.0249. The standard InChI is InChI=1S/C26H25N3O2S/c27-16-17-31-22-14-9-8-10-19(22)18-28-26-24(25(30)29-20-11-4-3-5-12-20)21-13-6-1-2-7-15-23(21)32-26/h3-5,8-12,14,18H,1-2,6-7,13,15,17H2,(H,29,30). The summed E-state index contributed by atoms with van der Waals surface area (Å²) in [4.78, 5) is 19.4. The second-order valence-electron chi connectivity index (χ2n) is 7.66. The Labute approximate surface area is 192 Å². The number of aliphatic imine (C=N–C) groups is 1. The molecule has 0 saturated heterocycles. The molecule has 1 amide bonds. The van der Waals surface area contributed by atoms with Crippen LogP contribution in [0.1, 0.15) is 52.0 Å². The Morgan fingerprint density at radius 2 is 1.81 bits per heavy atom. The molecule has 1 aliphatic rings. The van der Waals surface area contributed by atoms with Crippen LogP contribution in [0.25, 0.3) is 0 Å². The van der Waals surface area contributed by atoms with Gasteiger partial charge in [-0.15, -0.1) is 11.3 Å². The number of anilines is 1. The minimum Gasteiger partial charge on any atom is -0.478 e. The van der Waals surface area contributed by atoms with Gasteiger partial charge in [-0.2, -0.15) is 5.26 Å². The molecule has 0 aliphatic heterocycles. The number of fused-ring (bicyclic) bond motifs is 1. The highest BCUT2D eigenvalue weighted by Gasteiger charge is 2.24. The Bertz CT molecular complexity index is 1150. The van der Waals surface area contributed by atoms with Gasteiger partial charge in [-0.1, -0.05) is 43.2 Å². The number of hydrogen-bond donors (Lipinski definition) is 1. The molecule has 0 unspecified atom stereocenters.